The van der Waals surface area contributed by atoms with Crippen LogP contribution < -0.4 is 5.32 Å². The topological polar surface area (TPSA) is 107 Å². The lowest BCUT2D eigenvalue weighted by molar-refractivity contribution is -0.123. The van der Waals surface area contributed by atoms with Gasteiger partial charge in [-0.15, -0.1) is 11.3 Å². The van der Waals surface area contributed by atoms with Gasteiger partial charge in [-0.25, -0.2) is 14.6 Å². The normalized spacial score (nSPS) is 13.9. The first-order chi connectivity index (χ1) is 13.5. The van der Waals surface area contributed by atoms with Crippen LogP contribution in [0.1, 0.15) is 58.0 Å². The van der Waals surface area contributed by atoms with E-state index >= 15 is 0 Å². The molecule has 9 heteroatoms. The summed E-state index contributed by atoms with van der Waals surface area (Å²) in [6, 6.07) is 0. The number of nitrogens with one attached hydrogen (secondary N) is 1. The van der Waals surface area contributed by atoms with Gasteiger partial charge in [0.1, 0.15) is 5.00 Å². The number of aromatic nitrogens is 2. The minimum absolute atomic E-state index is 0.0148. The van der Waals surface area contributed by atoms with Gasteiger partial charge in [0.25, 0.3) is 5.91 Å². The molecular formula is C19H21N3O5S. The lowest BCUT2D eigenvalue weighted by atomic mass is 9.95. The number of nitrogens with zero attached hydrogens (tertiary/aromatic N) is 2. The Morgan fingerprint density at radius 3 is 2.71 bits per heavy atom. The van der Waals surface area contributed by atoms with E-state index in [1.165, 1.54) is 36.9 Å². The van der Waals surface area contributed by atoms with Crippen LogP contribution in [0.3, 0.4) is 0 Å². The molecule has 0 spiro atoms. The minimum atomic E-state index is -1.07. The van der Waals surface area contributed by atoms with Gasteiger partial charge in [-0.05, 0) is 45.1 Å². The van der Waals surface area contributed by atoms with Crippen molar-refractivity contribution in [1.82, 2.24) is 9.97 Å². The predicted molar refractivity (Wildman–Crippen MR) is 102 cm³/mol. The fourth-order valence-corrected chi connectivity index (χ4v) is 4.25. The zero-order valence-electron chi connectivity index (χ0n) is 15.7. The molecule has 2 aromatic heterocycles. The SMILES string of the molecule is CCOC(=O)c1c(NC(=O)[C@H](C)OC(=O)c2cnccn2)sc2c1CCCC2. The molecule has 2 heterocycles. The number of rotatable bonds is 6. The van der Waals surface area contributed by atoms with E-state index in [-0.39, 0.29) is 12.3 Å². The number of anilines is 1. The maximum Gasteiger partial charge on any atom is 0.359 e. The highest BCUT2D eigenvalue weighted by Crippen LogP contribution is 2.38. The van der Waals surface area contributed by atoms with Crippen LogP contribution in [-0.2, 0) is 27.1 Å². The van der Waals surface area contributed by atoms with Crippen LogP contribution in [-0.4, -0.2) is 40.5 Å². The first-order valence-electron chi connectivity index (χ1n) is 9.10. The van der Waals surface area contributed by atoms with Crippen molar-refractivity contribution >= 4 is 34.2 Å². The van der Waals surface area contributed by atoms with Crippen LogP contribution in [0.15, 0.2) is 18.6 Å². The van der Waals surface area contributed by atoms with Gasteiger partial charge in [0, 0.05) is 17.3 Å². The monoisotopic (exact) mass is 403 g/mol. The largest absolute Gasteiger partial charge is 0.462 e. The highest BCUT2D eigenvalue weighted by Gasteiger charge is 2.29. The van der Waals surface area contributed by atoms with Crippen LogP contribution in [0, 0.1) is 0 Å². The highest BCUT2D eigenvalue weighted by atomic mass is 32.1. The second-order valence-corrected chi connectivity index (χ2v) is 7.37. The Bertz CT molecular complexity index is 881. The highest BCUT2D eigenvalue weighted by molar-refractivity contribution is 7.17. The number of thiophene rings is 1. The Labute approximate surface area is 166 Å². The van der Waals surface area contributed by atoms with Crippen molar-refractivity contribution in [3.63, 3.8) is 0 Å². The number of amides is 1. The van der Waals surface area contributed by atoms with Crippen molar-refractivity contribution in [1.29, 1.82) is 0 Å². The number of hydrogen-bond donors (Lipinski definition) is 1. The summed E-state index contributed by atoms with van der Waals surface area (Å²) < 4.78 is 10.3. The number of aryl methyl sites for hydroxylation is 1. The second kappa shape index (κ2) is 8.92. The van der Waals surface area contributed by atoms with Gasteiger partial charge in [0.15, 0.2) is 11.8 Å². The summed E-state index contributed by atoms with van der Waals surface area (Å²) in [7, 11) is 0. The molecule has 1 aliphatic rings. The molecule has 0 saturated heterocycles. The Kier molecular flexibility index (Phi) is 6.35. The molecule has 3 rings (SSSR count). The van der Waals surface area contributed by atoms with Crippen LogP contribution in [0.5, 0.6) is 0 Å². The molecule has 0 aliphatic heterocycles. The summed E-state index contributed by atoms with van der Waals surface area (Å²) in [4.78, 5) is 45.8. The van der Waals surface area contributed by atoms with Gasteiger partial charge < -0.3 is 14.8 Å². The molecule has 28 heavy (non-hydrogen) atoms. The number of carbonyl (C=O) groups is 3. The van der Waals surface area contributed by atoms with Crippen molar-refractivity contribution in [3.05, 3.63) is 40.3 Å². The zero-order chi connectivity index (χ0) is 20.1. The number of carbonyl (C=O) groups excluding carboxylic acids is 3. The van der Waals surface area contributed by atoms with E-state index in [1.807, 2.05) is 0 Å². The summed E-state index contributed by atoms with van der Waals surface area (Å²) in [5.74, 6) is -1.71. The van der Waals surface area contributed by atoms with Crippen molar-refractivity contribution in [2.24, 2.45) is 0 Å². The molecule has 0 bridgehead atoms. The number of fused-ring (bicyclic) bond motifs is 1. The maximum absolute atomic E-state index is 12.6. The molecule has 0 radical (unpaired) electrons. The third-order valence-electron chi connectivity index (χ3n) is 4.31. The summed E-state index contributed by atoms with van der Waals surface area (Å²) in [5.41, 5.74) is 1.39. The molecule has 148 valence electrons. The van der Waals surface area contributed by atoms with Gasteiger partial charge in [-0.3, -0.25) is 9.78 Å². The molecular weight excluding hydrogens is 382 g/mol. The Morgan fingerprint density at radius 1 is 1.21 bits per heavy atom. The zero-order valence-corrected chi connectivity index (χ0v) is 16.5. The van der Waals surface area contributed by atoms with Crippen molar-refractivity contribution < 1.29 is 23.9 Å². The third kappa shape index (κ3) is 4.36. The van der Waals surface area contributed by atoms with E-state index < -0.39 is 23.9 Å². The van der Waals surface area contributed by atoms with Crippen LogP contribution in [0.2, 0.25) is 0 Å². The standard InChI is InChI=1S/C19H21N3O5S/c1-3-26-19(25)15-12-6-4-5-7-14(12)28-17(15)22-16(23)11(2)27-18(24)13-10-20-8-9-21-13/h8-11H,3-7H2,1-2H3,(H,22,23)/t11-/m0/s1. The predicted octanol–water partition coefficient (Wildman–Crippen LogP) is 2.78. The van der Waals surface area contributed by atoms with Crippen LogP contribution >= 0.6 is 11.3 Å². The average Bonchev–Trinajstić information content (AvgIpc) is 3.06. The third-order valence-corrected chi connectivity index (χ3v) is 5.52. The first kappa shape index (κ1) is 19.9. The van der Waals surface area contributed by atoms with E-state index in [2.05, 4.69) is 15.3 Å². The molecule has 1 aliphatic carbocycles. The molecule has 1 amide bonds. The number of hydrogen-bond acceptors (Lipinski definition) is 8. The smallest absolute Gasteiger partial charge is 0.359 e. The molecule has 0 aromatic carbocycles. The summed E-state index contributed by atoms with van der Waals surface area (Å²) >= 11 is 1.38. The lowest BCUT2D eigenvalue weighted by Crippen LogP contribution is -2.30. The fourth-order valence-electron chi connectivity index (χ4n) is 2.97. The molecule has 0 unspecified atom stereocenters. The molecule has 1 N–H and O–H groups in total. The van der Waals surface area contributed by atoms with Crippen molar-refractivity contribution in [2.45, 2.75) is 45.6 Å². The molecule has 0 saturated carbocycles. The minimum Gasteiger partial charge on any atom is -0.462 e. The van der Waals surface area contributed by atoms with Crippen LogP contribution in [0.4, 0.5) is 5.00 Å². The summed E-state index contributed by atoms with van der Waals surface area (Å²) in [6.45, 7) is 3.45. The van der Waals surface area contributed by atoms with Gasteiger partial charge >= 0.3 is 11.9 Å². The fraction of sp³-hybridized carbons (Fsp3) is 0.421. The maximum atomic E-state index is 12.6. The van der Waals surface area contributed by atoms with Gasteiger partial charge in [0.2, 0.25) is 0 Å². The summed E-state index contributed by atoms with van der Waals surface area (Å²) in [5, 5.41) is 3.17. The van der Waals surface area contributed by atoms with Gasteiger partial charge in [-0.1, -0.05) is 0 Å². The van der Waals surface area contributed by atoms with Gasteiger partial charge in [-0.2, -0.15) is 0 Å². The molecule has 0 fully saturated rings. The second-order valence-electron chi connectivity index (χ2n) is 6.26. The van der Waals surface area contributed by atoms with E-state index in [9.17, 15) is 14.4 Å². The number of ether oxygens (including phenoxy) is 2. The Balaban J connectivity index is 1.75. The quantitative estimate of drug-likeness (QED) is 0.739. The average molecular weight is 403 g/mol. The Hall–Kier alpha value is -2.81. The lowest BCUT2D eigenvalue weighted by Gasteiger charge is -2.14. The molecule has 1 atom stereocenters. The molecule has 2 aromatic rings. The molecule has 8 nitrogen and oxygen atoms in total. The van der Waals surface area contributed by atoms with E-state index in [1.54, 1.807) is 6.92 Å². The van der Waals surface area contributed by atoms with Crippen LogP contribution in [0.25, 0.3) is 0 Å². The van der Waals surface area contributed by atoms with E-state index in [4.69, 9.17) is 9.47 Å². The number of esters is 2. The van der Waals surface area contributed by atoms with Crippen molar-refractivity contribution in [2.75, 3.05) is 11.9 Å². The Morgan fingerprint density at radius 2 is 2.00 bits per heavy atom. The van der Waals surface area contributed by atoms with Crippen molar-refractivity contribution in [3.8, 4) is 0 Å². The van der Waals surface area contributed by atoms with E-state index in [0.29, 0.717) is 10.6 Å². The summed E-state index contributed by atoms with van der Waals surface area (Å²) in [6.07, 6.45) is 6.70. The first-order valence-corrected chi connectivity index (χ1v) is 9.92. The van der Waals surface area contributed by atoms with Gasteiger partial charge in [0.05, 0.1) is 18.4 Å². The van der Waals surface area contributed by atoms with E-state index in [0.717, 1.165) is 36.1 Å².